The Bertz CT molecular complexity index is 702. The molecule has 124 valence electrons. The number of hydrogen-bond donors (Lipinski definition) is 3. The van der Waals surface area contributed by atoms with Crippen molar-refractivity contribution in [2.75, 3.05) is 0 Å². The van der Waals surface area contributed by atoms with Crippen LogP contribution >= 0.6 is 12.4 Å². The summed E-state index contributed by atoms with van der Waals surface area (Å²) >= 11 is 0. The van der Waals surface area contributed by atoms with Crippen LogP contribution in [0.15, 0.2) is 30.5 Å². The number of amides is 1. The summed E-state index contributed by atoms with van der Waals surface area (Å²) in [5, 5.41) is 4.20. The average Bonchev–Trinajstić information content (AvgIpc) is 3.23. The van der Waals surface area contributed by atoms with Gasteiger partial charge in [-0.15, -0.1) is 12.4 Å². The van der Waals surface area contributed by atoms with Gasteiger partial charge in [0.05, 0.1) is 24.3 Å². The highest BCUT2D eigenvalue weighted by Gasteiger charge is 2.41. The number of benzene rings is 1. The molecule has 2 fully saturated rings. The molecular weight excluding hydrogens is 314 g/mol. The second-order valence-electron chi connectivity index (χ2n) is 6.39. The normalized spacial score (nSPS) is 26.9. The third-order valence-electron chi connectivity index (χ3n) is 4.89. The number of rotatable bonds is 4. The minimum absolute atomic E-state index is 0. The zero-order valence-electron chi connectivity index (χ0n) is 12.8. The molecule has 3 heterocycles. The highest BCUT2D eigenvalue weighted by atomic mass is 35.5. The molecule has 0 radical (unpaired) electrons. The number of fused-ring (bicyclic) bond motifs is 3. The van der Waals surface area contributed by atoms with E-state index in [9.17, 15) is 4.79 Å². The first-order chi connectivity index (χ1) is 10.7. The Labute approximate surface area is 141 Å². The minimum Gasteiger partial charge on any atom is -0.373 e. The van der Waals surface area contributed by atoms with Crippen molar-refractivity contribution in [2.24, 2.45) is 5.73 Å². The van der Waals surface area contributed by atoms with Gasteiger partial charge in [0.1, 0.15) is 0 Å². The Hall–Kier alpha value is -1.56. The molecule has 2 aliphatic rings. The van der Waals surface area contributed by atoms with Gasteiger partial charge in [0, 0.05) is 17.1 Å². The first kappa shape index (κ1) is 16.3. The smallest absolute Gasteiger partial charge is 0.237 e. The van der Waals surface area contributed by atoms with Gasteiger partial charge in [-0.25, -0.2) is 0 Å². The molecule has 4 atom stereocenters. The number of H-pyrrole nitrogens is 1. The number of nitrogens with two attached hydrogens (primary N) is 1. The van der Waals surface area contributed by atoms with E-state index in [1.54, 1.807) is 0 Å². The highest BCUT2D eigenvalue weighted by molar-refractivity contribution is 5.86. The van der Waals surface area contributed by atoms with Gasteiger partial charge in [0.2, 0.25) is 5.91 Å². The average molecular weight is 336 g/mol. The molecule has 2 aromatic rings. The Balaban J connectivity index is 0.00000156. The molecule has 0 saturated carbocycles. The summed E-state index contributed by atoms with van der Waals surface area (Å²) in [7, 11) is 0. The summed E-state index contributed by atoms with van der Waals surface area (Å²) in [6.45, 7) is 0. The van der Waals surface area contributed by atoms with Crippen molar-refractivity contribution >= 4 is 29.2 Å². The lowest BCUT2D eigenvalue weighted by molar-refractivity contribution is -0.123. The topological polar surface area (TPSA) is 80.1 Å². The van der Waals surface area contributed by atoms with Gasteiger partial charge in [-0.2, -0.15) is 0 Å². The van der Waals surface area contributed by atoms with Crippen LogP contribution in [0.1, 0.15) is 24.8 Å². The molecule has 1 aromatic heterocycles. The predicted molar refractivity (Wildman–Crippen MR) is 91.7 cm³/mol. The molecule has 1 aromatic carbocycles. The van der Waals surface area contributed by atoms with Crippen LogP contribution in [0.5, 0.6) is 0 Å². The summed E-state index contributed by atoms with van der Waals surface area (Å²) in [5.41, 5.74) is 8.27. The zero-order valence-corrected chi connectivity index (χ0v) is 13.6. The number of para-hydroxylation sites is 1. The monoisotopic (exact) mass is 335 g/mol. The van der Waals surface area contributed by atoms with Crippen molar-refractivity contribution in [3.8, 4) is 0 Å². The van der Waals surface area contributed by atoms with Gasteiger partial charge in [-0.05, 0) is 37.3 Å². The van der Waals surface area contributed by atoms with E-state index < -0.39 is 6.04 Å². The molecule has 5 nitrogen and oxygen atoms in total. The number of carbonyl (C=O) groups excluding carboxylic acids is 1. The van der Waals surface area contributed by atoms with Crippen LogP contribution in [0.25, 0.3) is 10.9 Å². The quantitative estimate of drug-likeness (QED) is 0.798. The molecule has 23 heavy (non-hydrogen) atoms. The van der Waals surface area contributed by atoms with Gasteiger partial charge in [0.25, 0.3) is 0 Å². The molecule has 0 spiro atoms. The van der Waals surface area contributed by atoms with Crippen molar-refractivity contribution < 1.29 is 9.53 Å². The minimum atomic E-state index is -0.529. The SMILES string of the molecule is Cl.N[C@@H](Cc1c[nH]c2ccccc12)C(=O)NC1CC2CCC1O2. The first-order valence-corrected chi connectivity index (χ1v) is 7.97. The van der Waals surface area contributed by atoms with E-state index in [0.717, 1.165) is 35.7 Å². The lowest BCUT2D eigenvalue weighted by Gasteiger charge is -2.22. The van der Waals surface area contributed by atoms with E-state index in [1.165, 1.54) is 0 Å². The fraction of sp³-hybridized carbons (Fsp3) is 0.471. The predicted octanol–water partition coefficient (Wildman–Crippen LogP) is 1.90. The number of halogens is 1. The van der Waals surface area contributed by atoms with E-state index in [4.69, 9.17) is 10.5 Å². The van der Waals surface area contributed by atoms with Crippen LogP contribution in [0, 0.1) is 0 Å². The fourth-order valence-corrected chi connectivity index (χ4v) is 3.71. The summed E-state index contributed by atoms with van der Waals surface area (Å²) in [6, 6.07) is 7.67. The molecule has 3 unspecified atom stereocenters. The third-order valence-corrected chi connectivity index (χ3v) is 4.89. The number of hydrogen-bond acceptors (Lipinski definition) is 3. The van der Waals surface area contributed by atoms with Gasteiger partial charge in [-0.1, -0.05) is 18.2 Å². The van der Waals surface area contributed by atoms with Crippen molar-refractivity contribution in [2.45, 2.75) is 50.0 Å². The maximum Gasteiger partial charge on any atom is 0.237 e. The fourth-order valence-electron chi connectivity index (χ4n) is 3.71. The largest absolute Gasteiger partial charge is 0.373 e. The second-order valence-corrected chi connectivity index (χ2v) is 6.39. The number of aromatic nitrogens is 1. The van der Waals surface area contributed by atoms with Gasteiger partial charge >= 0.3 is 0 Å². The highest BCUT2D eigenvalue weighted by Crippen LogP contribution is 2.34. The van der Waals surface area contributed by atoms with Crippen molar-refractivity contribution in [1.29, 1.82) is 0 Å². The van der Waals surface area contributed by atoms with E-state index >= 15 is 0 Å². The van der Waals surface area contributed by atoms with Crippen LogP contribution in [-0.4, -0.2) is 35.2 Å². The molecule has 0 aliphatic carbocycles. The summed E-state index contributed by atoms with van der Waals surface area (Å²) in [6.07, 6.45) is 6.10. The lowest BCUT2D eigenvalue weighted by atomic mass is 9.95. The second kappa shape index (κ2) is 6.51. The Morgan fingerprint density at radius 2 is 2.22 bits per heavy atom. The van der Waals surface area contributed by atoms with E-state index in [2.05, 4.69) is 16.4 Å². The summed E-state index contributed by atoms with van der Waals surface area (Å²) in [4.78, 5) is 15.6. The number of aromatic amines is 1. The molecular formula is C17H22ClN3O2. The number of carbonyl (C=O) groups is 1. The Morgan fingerprint density at radius 3 is 2.96 bits per heavy atom. The summed E-state index contributed by atoms with van der Waals surface area (Å²) in [5.74, 6) is -0.0774. The van der Waals surface area contributed by atoms with Crippen LogP contribution in [-0.2, 0) is 16.0 Å². The molecule has 4 rings (SSSR count). The van der Waals surface area contributed by atoms with E-state index in [-0.39, 0.29) is 30.5 Å². The maximum atomic E-state index is 12.3. The van der Waals surface area contributed by atoms with Crippen molar-refractivity contribution in [1.82, 2.24) is 10.3 Å². The van der Waals surface area contributed by atoms with Crippen molar-refractivity contribution in [3.63, 3.8) is 0 Å². The Morgan fingerprint density at radius 1 is 1.39 bits per heavy atom. The molecule has 2 aliphatic heterocycles. The molecule has 1 amide bonds. The summed E-state index contributed by atoms with van der Waals surface area (Å²) < 4.78 is 5.77. The van der Waals surface area contributed by atoms with Crippen molar-refractivity contribution in [3.05, 3.63) is 36.0 Å². The lowest BCUT2D eigenvalue weighted by Crippen LogP contribution is -2.49. The van der Waals surface area contributed by atoms with Crippen LogP contribution in [0.4, 0.5) is 0 Å². The zero-order chi connectivity index (χ0) is 15.1. The number of nitrogens with one attached hydrogen (secondary N) is 2. The molecule has 2 saturated heterocycles. The van der Waals surface area contributed by atoms with Crippen LogP contribution < -0.4 is 11.1 Å². The molecule has 2 bridgehead atoms. The van der Waals surface area contributed by atoms with Gasteiger partial charge in [0.15, 0.2) is 0 Å². The first-order valence-electron chi connectivity index (χ1n) is 7.97. The Kier molecular flexibility index (Phi) is 4.62. The molecule has 4 N–H and O–H groups in total. The van der Waals surface area contributed by atoms with Crippen LogP contribution in [0.3, 0.4) is 0 Å². The maximum absolute atomic E-state index is 12.3. The van der Waals surface area contributed by atoms with E-state index in [1.807, 2.05) is 24.4 Å². The van der Waals surface area contributed by atoms with Gasteiger partial charge < -0.3 is 20.8 Å². The third kappa shape index (κ3) is 3.09. The molecule has 6 heteroatoms. The van der Waals surface area contributed by atoms with Crippen LogP contribution in [0.2, 0.25) is 0 Å². The van der Waals surface area contributed by atoms with E-state index in [0.29, 0.717) is 12.5 Å². The standard InChI is InChI=1S/C17H21N3O2.ClH/c18-13(7-10-9-19-14-4-2-1-3-12(10)14)17(21)20-15-8-11-5-6-16(15)22-11;/h1-4,9,11,13,15-16,19H,5-8,18H2,(H,20,21);1H/t11?,13-,15?,16?;/m0./s1. The van der Waals surface area contributed by atoms with Gasteiger partial charge in [-0.3, -0.25) is 4.79 Å². The number of ether oxygens (including phenoxy) is 1.